The molecule has 2 heterocycles. The molecule has 0 radical (unpaired) electrons. The highest BCUT2D eigenvalue weighted by Crippen LogP contribution is 2.38. The predicted molar refractivity (Wildman–Crippen MR) is 90.6 cm³/mol. The summed E-state index contributed by atoms with van der Waals surface area (Å²) in [5, 5.41) is -0.0132. The van der Waals surface area contributed by atoms with Crippen LogP contribution in [0.1, 0.15) is 21.9 Å². The predicted octanol–water partition coefficient (Wildman–Crippen LogP) is 4.94. The van der Waals surface area contributed by atoms with E-state index in [1.54, 1.807) is 12.4 Å². The monoisotopic (exact) mass is 316 g/mol. The topological polar surface area (TPSA) is 35.0 Å². The minimum Gasteiger partial charge on any atom is -0.260 e. The van der Waals surface area contributed by atoms with Crippen LogP contribution in [0.25, 0.3) is 0 Å². The van der Waals surface area contributed by atoms with E-state index in [2.05, 4.69) is 23.1 Å². The van der Waals surface area contributed by atoms with Crippen molar-refractivity contribution >= 4 is 24.1 Å². The van der Waals surface area contributed by atoms with E-state index in [-0.39, 0.29) is 10.5 Å². The van der Waals surface area contributed by atoms with Crippen molar-refractivity contribution in [3.05, 3.63) is 85.5 Å². The summed E-state index contributed by atoms with van der Waals surface area (Å²) >= 11 is 2.64. The summed E-state index contributed by atoms with van der Waals surface area (Å²) in [6, 6.07) is 11.6. The second-order valence-electron chi connectivity index (χ2n) is 4.08. The maximum atomic E-state index is 5.66. The Labute approximate surface area is 134 Å². The standard InChI is InChI=1S/C16H16N2OS2/c1-3-15(13-9-5-7-11-17-13)20-19-21-16(4-2)14-10-6-8-12-18-14/h3-12,15-16H,1-2H2. The van der Waals surface area contributed by atoms with Gasteiger partial charge in [-0.2, -0.15) is 0 Å². The third-order valence-corrected chi connectivity index (χ3v) is 4.58. The molecule has 2 unspecified atom stereocenters. The molecule has 3 nitrogen and oxygen atoms in total. The summed E-state index contributed by atoms with van der Waals surface area (Å²) < 4.78 is 5.66. The minimum absolute atomic E-state index is 0.00658. The normalized spacial score (nSPS) is 13.3. The van der Waals surface area contributed by atoms with Crippen molar-refractivity contribution in [1.29, 1.82) is 0 Å². The van der Waals surface area contributed by atoms with Crippen LogP contribution in [0, 0.1) is 0 Å². The fraction of sp³-hybridized carbons (Fsp3) is 0.125. The van der Waals surface area contributed by atoms with E-state index in [0.717, 1.165) is 11.4 Å². The molecule has 0 saturated heterocycles. The van der Waals surface area contributed by atoms with Gasteiger partial charge in [-0.05, 0) is 24.3 Å². The third-order valence-electron chi connectivity index (χ3n) is 2.67. The number of nitrogens with zero attached hydrogens (tertiary/aromatic N) is 2. The zero-order valence-electron chi connectivity index (χ0n) is 11.5. The van der Waals surface area contributed by atoms with Gasteiger partial charge in [0.2, 0.25) is 0 Å². The Kier molecular flexibility index (Phi) is 6.53. The fourth-order valence-corrected chi connectivity index (χ4v) is 3.11. The molecule has 0 aliphatic heterocycles. The first-order valence-electron chi connectivity index (χ1n) is 6.41. The van der Waals surface area contributed by atoms with Crippen LogP contribution < -0.4 is 0 Å². The molecule has 0 aromatic carbocycles. The van der Waals surface area contributed by atoms with Crippen molar-refractivity contribution in [2.75, 3.05) is 0 Å². The second-order valence-corrected chi connectivity index (χ2v) is 6.03. The fourth-order valence-electron chi connectivity index (χ4n) is 1.61. The van der Waals surface area contributed by atoms with Gasteiger partial charge in [-0.25, -0.2) is 3.63 Å². The molecule has 2 rings (SSSR count). The Hall–Kier alpha value is -1.56. The van der Waals surface area contributed by atoms with Gasteiger partial charge >= 0.3 is 0 Å². The summed E-state index contributed by atoms with van der Waals surface area (Å²) in [4.78, 5) is 8.62. The first-order chi connectivity index (χ1) is 10.3. The van der Waals surface area contributed by atoms with Gasteiger partial charge < -0.3 is 0 Å². The van der Waals surface area contributed by atoms with E-state index in [9.17, 15) is 0 Å². The largest absolute Gasteiger partial charge is 0.260 e. The Bertz CT molecular complexity index is 512. The first-order valence-corrected chi connectivity index (χ1v) is 8.02. The zero-order chi connectivity index (χ0) is 14.9. The minimum atomic E-state index is -0.00658. The first kappa shape index (κ1) is 15.8. The number of aromatic nitrogens is 2. The third kappa shape index (κ3) is 4.74. The summed E-state index contributed by atoms with van der Waals surface area (Å²) in [5.74, 6) is 0. The van der Waals surface area contributed by atoms with E-state index in [0.29, 0.717) is 0 Å². The highest BCUT2D eigenvalue weighted by Gasteiger charge is 2.14. The average Bonchev–Trinajstić information content (AvgIpc) is 2.57. The maximum absolute atomic E-state index is 5.66. The molecular weight excluding hydrogens is 300 g/mol. The van der Waals surface area contributed by atoms with Crippen LogP contribution in [0.3, 0.4) is 0 Å². The van der Waals surface area contributed by atoms with Gasteiger partial charge in [-0.3, -0.25) is 9.97 Å². The summed E-state index contributed by atoms with van der Waals surface area (Å²) in [6.45, 7) is 7.66. The lowest BCUT2D eigenvalue weighted by Gasteiger charge is -2.13. The van der Waals surface area contributed by atoms with E-state index in [1.165, 1.54) is 24.1 Å². The average molecular weight is 316 g/mol. The van der Waals surface area contributed by atoms with Crippen molar-refractivity contribution < 1.29 is 3.63 Å². The molecule has 0 N–H and O–H groups in total. The van der Waals surface area contributed by atoms with Gasteiger partial charge in [0.05, 0.1) is 21.9 Å². The van der Waals surface area contributed by atoms with Crippen molar-refractivity contribution in [3.8, 4) is 0 Å². The lowest BCUT2D eigenvalue weighted by atomic mass is 10.3. The lowest BCUT2D eigenvalue weighted by Crippen LogP contribution is -1.95. The van der Waals surface area contributed by atoms with Gasteiger partial charge in [-0.15, -0.1) is 13.2 Å². The molecule has 108 valence electrons. The van der Waals surface area contributed by atoms with Crippen LogP contribution in [-0.4, -0.2) is 9.97 Å². The molecule has 0 fully saturated rings. The number of rotatable bonds is 8. The summed E-state index contributed by atoms with van der Waals surface area (Å²) in [7, 11) is 0. The number of hydrogen-bond donors (Lipinski definition) is 0. The maximum Gasteiger partial charge on any atom is 0.0923 e. The molecule has 0 spiro atoms. The Morgan fingerprint density at radius 3 is 1.67 bits per heavy atom. The molecule has 0 saturated carbocycles. The van der Waals surface area contributed by atoms with Crippen LogP contribution in [-0.2, 0) is 3.63 Å². The smallest absolute Gasteiger partial charge is 0.0923 e. The molecule has 0 bridgehead atoms. The van der Waals surface area contributed by atoms with Crippen LogP contribution >= 0.6 is 24.1 Å². The summed E-state index contributed by atoms with van der Waals surface area (Å²) in [5.41, 5.74) is 1.84. The highest BCUT2D eigenvalue weighted by atomic mass is 32.2. The molecule has 5 heteroatoms. The van der Waals surface area contributed by atoms with Crippen LogP contribution in [0.15, 0.2) is 74.1 Å². The SMILES string of the molecule is C=CC(SOSC(C=C)c1ccccn1)c1ccccn1. The Morgan fingerprint density at radius 2 is 1.33 bits per heavy atom. The van der Waals surface area contributed by atoms with Gasteiger partial charge in [0.15, 0.2) is 0 Å². The number of hydrogen-bond acceptors (Lipinski definition) is 5. The molecule has 2 aromatic heterocycles. The van der Waals surface area contributed by atoms with Gasteiger partial charge in [0, 0.05) is 36.5 Å². The summed E-state index contributed by atoms with van der Waals surface area (Å²) in [6.07, 6.45) is 7.16. The van der Waals surface area contributed by atoms with Crippen molar-refractivity contribution in [2.45, 2.75) is 10.5 Å². The van der Waals surface area contributed by atoms with Crippen LogP contribution in [0.4, 0.5) is 0 Å². The van der Waals surface area contributed by atoms with E-state index < -0.39 is 0 Å². The van der Waals surface area contributed by atoms with Gasteiger partial charge in [0.1, 0.15) is 0 Å². The van der Waals surface area contributed by atoms with E-state index >= 15 is 0 Å². The zero-order valence-corrected chi connectivity index (χ0v) is 13.1. The molecule has 2 aromatic rings. The molecule has 0 aliphatic rings. The van der Waals surface area contributed by atoms with Crippen molar-refractivity contribution in [2.24, 2.45) is 0 Å². The van der Waals surface area contributed by atoms with Crippen LogP contribution in [0.2, 0.25) is 0 Å². The quantitative estimate of drug-likeness (QED) is 0.509. The lowest BCUT2D eigenvalue weighted by molar-refractivity contribution is 0.739. The van der Waals surface area contributed by atoms with E-state index in [4.69, 9.17) is 3.63 Å². The molecule has 21 heavy (non-hydrogen) atoms. The van der Waals surface area contributed by atoms with Crippen molar-refractivity contribution in [1.82, 2.24) is 9.97 Å². The molecule has 0 amide bonds. The molecular formula is C16H16N2OS2. The highest BCUT2D eigenvalue weighted by molar-refractivity contribution is 8.08. The van der Waals surface area contributed by atoms with Gasteiger partial charge in [-0.1, -0.05) is 24.3 Å². The Balaban J connectivity index is 1.90. The number of pyridine rings is 2. The van der Waals surface area contributed by atoms with Crippen LogP contribution in [0.5, 0.6) is 0 Å². The van der Waals surface area contributed by atoms with Crippen molar-refractivity contribution in [3.63, 3.8) is 0 Å². The van der Waals surface area contributed by atoms with Gasteiger partial charge in [0.25, 0.3) is 0 Å². The second kappa shape index (κ2) is 8.67. The molecule has 0 aliphatic carbocycles. The van der Waals surface area contributed by atoms with E-state index in [1.807, 2.05) is 48.6 Å². The Morgan fingerprint density at radius 1 is 0.857 bits per heavy atom. The molecule has 2 atom stereocenters.